The Kier molecular flexibility index (Phi) is 8.26. The minimum absolute atomic E-state index is 0. The van der Waals surface area contributed by atoms with E-state index in [1.165, 1.54) is 19.3 Å². The van der Waals surface area contributed by atoms with Crippen molar-refractivity contribution in [1.29, 1.82) is 0 Å². The molecule has 0 amide bonds. The van der Waals surface area contributed by atoms with E-state index in [2.05, 4.69) is 52.6 Å². The fourth-order valence-corrected chi connectivity index (χ4v) is 3.24. The van der Waals surface area contributed by atoms with Crippen LogP contribution in [0.1, 0.15) is 44.7 Å². The highest BCUT2D eigenvalue weighted by molar-refractivity contribution is 14.0. The molecule has 25 heavy (non-hydrogen) atoms. The van der Waals surface area contributed by atoms with Gasteiger partial charge in [0.05, 0.1) is 0 Å². The van der Waals surface area contributed by atoms with Crippen molar-refractivity contribution in [2.75, 3.05) is 31.1 Å². The SMILES string of the molecule is CCNC(=NCCC1CC1)NC1CCN(c2cccc(C)n2)CC1.I. The van der Waals surface area contributed by atoms with E-state index in [9.17, 15) is 0 Å². The Hall–Kier alpha value is -1.05. The number of halogens is 1. The van der Waals surface area contributed by atoms with E-state index in [4.69, 9.17) is 4.99 Å². The highest BCUT2D eigenvalue weighted by Crippen LogP contribution is 2.32. The maximum absolute atomic E-state index is 4.74. The van der Waals surface area contributed by atoms with Crippen molar-refractivity contribution >= 4 is 35.8 Å². The van der Waals surface area contributed by atoms with Crippen LogP contribution in [0.4, 0.5) is 5.82 Å². The minimum Gasteiger partial charge on any atom is -0.357 e. The fraction of sp³-hybridized carbons (Fsp3) is 0.684. The summed E-state index contributed by atoms with van der Waals surface area (Å²) in [4.78, 5) is 11.8. The predicted octanol–water partition coefficient (Wildman–Crippen LogP) is 3.33. The largest absolute Gasteiger partial charge is 0.357 e. The number of pyridine rings is 1. The van der Waals surface area contributed by atoms with Gasteiger partial charge in [0.25, 0.3) is 0 Å². The molecule has 2 N–H and O–H groups in total. The number of guanidine groups is 1. The average molecular weight is 457 g/mol. The van der Waals surface area contributed by atoms with Crippen LogP contribution in [0.2, 0.25) is 0 Å². The normalized spacial score (nSPS) is 18.6. The maximum Gasteiger partial charge on any atom is 0.191 e. The summed E-state index contributed by atoms with van der Waals surface area (Å²) in [5, 5.41) is 7.01. The van der Waals surface area contributed by atoms with Gasteiger partial charge in [-0.3, -0.25) is 4.99 Å². The van der Waals surface area contributed by atoms with E-state index in [0.29, 0.717) is 6.04 Å². The quantitative estimate of drug-likeness (QED) is 0.391. The third-order valence-electron chi connectivity index (χ3n) is 4.88. The second-order valence-electron chi connectivity index (χ2n) is 7.04. The lowest BCUT2D eigenvalue weighted by Crippen LogP contribution is -2.49. The molecule has 0 spiro atoms. The molecule has 1 aromatic heterocycles. The van der Waals surface area contributed by atoms with Gasteiger partial charge in [-0.2, -0.15) is 0 Å². The number of hydrogen-bond donors (Lipinski definition) is 2. The molecule has 2 heterocycles. The predicted molar refractivity (Wildman–Crippen MR) is 116 cm³/mol. The first kappa shape index (κ1) is 20.3. The number of nitrogens with zero attached hydrogens (tertiary/aromatic N) is 3. The molecule has 5 nitrogen and oxygen atoms in total. The lowest BCUT2D eigenvalue weighted by Gasteiger charge is -2.34. The number of anilines is 1. The van der Waals surface area contributed by atoms with Crippen LogP contribution < -0.4 is 15.5 Å². The summed E-state index contributed by atoms with van der Waals surface area (Å²) in [5.41, 5.74) is 1.09. The van der Waals surface area contributed by atoms with Gasteiger partial charge in [0.2, 0.25) is 0 Å². The first-order chi connectivity index (χ1) is 11.7. The Balaban J connectivity index is 0.00000225. The molecule has 0 radical (unpaired) electrons. The van der Waals surface area contributed by atoms with Crippen LogP contribution in [0.25, 0.3) is 0 Å². The Bertz CT molecular complexity index is 551. The van der Waals surface area contributed by atoms with Gasteiger partial charge in [0.1, 0.15) is 5.82 Å². The van der Waals surface area contributed by atoms with Crippen LogP contribution in [0.3, 0.4) is 0 Å². The van der Waals surface area contributed by atoms with Crippen molar-refractivity contribution in [3.05, 3.63) is 23.9 Å². The average Bonchev–Trinajstić information content (AvgIpc) is 3.40. The zero-order valence-electron chi connectivity index (χ0n) is 15.5. The summed E-state index contributed by atoms with van der Waals surface area (Å²) in [5.74, 6) is 3.05. The van der Waals surface area contributed by atoms with Crippen LogP contribution in [0, 0.1) is 12.8 Å². The second-order valence-corrected chi connectivity index (χ2v) is 7.04. The molecule has 0 unspecified atom stereocenters. The molecule has 0 aromatic carbocycles. The molecule has 0 bridgehead atoms. The van der Waals surface area contributed by atoms with E-state index in [0.717, 1.165) is 62.4 Å². The van der Waals surface area contributed by atoms with E-state index in [1.807, 2.05) is 0 Å². The van der Waals surface area contributed by atoms with Crippen LogP contribution in [0.5, 0.6) is 0 Å². The Morgan fingerprint density at radius 1 is 1.24 bits per heavy atom. The van der Waals surface area contributed by atoms with Gasteiger partial charge >= 0.3 is 0 Å². The van der Waals surface area contributed by atoms with Gasteiger partial charge in [-0.25, -0.2) is 4.98 Å². The summed E-state index contributed by atoms with van der Waals surface area (Å²) in [6.07, 6.45) is 6.31. The monoisotopic (exact) mass is 457 g/mol. The van der Waals surface area contributed by atoms with Gasteiger partial charge in [0, 0.05) is 37.9 Å². The molecule has 0 atom stereocenters. The van der Waals surface area contributed by atoms with Crippen LogP contribution in [-0.4, -0.2) is 43.2 Å². The van der Waals surface area contributed by atoms with Gasteiger partial charge in [0.15, 0.2) is 5.96 Å². The van der Waals surface area contributed by atoms with E-state index in [-0.39, 0.29) is 24.0 Å². The summed E-state index contributed by atoms with van der Waals surface area (Å²) in [7, 11) is 0. The van der Waals surface area contributed by atoms with Gasteiger partial charge < -0.3 is 15.5 Å². The Labute approximate surface area is 169 Å². The first-order valence-electron chi connectivity index (χ1n) is 9.48. The van der Waals surface area contributed by atoms with Crippen molar-refractivity contribution < 1.29 is 0 Å². The highest BCUT2D eigenvalue weighted by atomic mass is 127. The third-order valence-corrected chi connectivity index (χ3v) is 4.88. The Morgan fingerprint density at radius 2 is 2.00 bits per heavy atom. The molecule has 140 valence electrons. The molecular formula is C19H32IN5. The van der Waals surface area contributed by atoms with Crippen molar-refractivity contribution in [2.24, 2.45) is 10.9 Å². The zero-order valence-corrected chi connectivity index (χ0v) is 17.8. The second kappa shape index (κ2) is 10.2. The van der Waals surface area contributed by atoms with Crippen molar-refractivity contribution in [2.45, 2.75) is 52.0 Å². The maximum atomic E-state index is 4.74. The van der Waals surface area contributed by atoms with Crippen molar-refractivity contribution in [1.82, 2.24) is 15.6 Å². The van der Waals surface area contributed by atoms with Gasteiger partial charge in [-0.1, -0.05) is 18.9 Å². The number of nitrogens with one attached hydrogen (secondary N) is 2. The van der Waals surface area contributed by atoms with E-state index < -0.39 is 0 Å². The van der Waals surface area contributed by atoms with Gasteiger partial charge in [-0.05, 0) is 51.2 Å². The van der Waals surface area contributed by atoms with E-state index in [1.54, 1.807) is 0 Å². The lowest BCUT2D eigenvalue weighted by molar-refractivity contribution is 0.459. The minimum atomic E-state index is 0. The number of aliphatic imine (C=N–C) groups is 1. The number of aryl methyl sites for hydroxylation is 1. The number of aromatic nitrogens is 1. The first-order valence-corrected chi connectivity index (χ1v) is 9.48. The third kappa shape index (κ3) is 6.64. The van der Waals surface area contributed by atoms with Gasteiger partial charge in [-0.15, -0.1) is 24.0 Å². The van der Waals surface area contributed by atoms with Crippen LogP contribution in [0.15, 0.2) is 23.2 Å². The number of piperidine rings is 1. The topological polar surface area (TPSA) is 52.6 Å². The summed E-state index contributed by atoms with van der Waals surface area (Å²) >= 11 is 0. The fourth-order valence-electron chi connectivity index (χ4n) is 3.24. The van der Waals surface area contributed by atoms with Crippen molar-refractivity contribution in [3.8, 4) is 0 Å². The molecule has 1 saturated carbocycles. The lowest BCUT2D eigenvalue weighted by atomic mass is 10.1. The molecular weight excluding hydrogens is 425 g/mol. The molecule has 6 heteroatoms. The zero-order chi connectivity index (χ0) is 16.8. The number of rotatable bonds is 6. The summed E-state index contributed by atoms with van der Waals surface area (Å²) < 4.78 is 0. The van der Waals surface area contributed by atoms with Crippen LogP contribution >= 0.6 is 24.0 Å². The highest BCUT2D eigenvalue weighted by Gasteiger charge is 2.22. The molecule has 1 aliphatic heterocycles. The van der Waals surface area contributed by atoms with Crippen LogP contribution in [-0.2, 0) is 0 Å². The molecule has 2 aliphatic rings. The molecule has 1 aromatic rings. The molecule has 1 saturated heterocycles. The van der Waals surface area contributed by atoms with E-state index >= 15 is 0 Å². The summed E-state index contributed by atoms with van der Waals surface area (Å²) in [6.45, 7) is 8.15. The molecule has 3 rings (SSSR count). The molecule has 1 aliphatic carbocycles. The number of hydrogen-bond acceptors (Lipinski definition) is 3. The standard InChI is InChI=1S/C19H31N5.HI/c1-3-20-19(21-12-9-16-7-8-16)23-17-10-13-24(14-11-17)18-6-4-5-15(2)22-18;/h4-6,16-17H,3,7-14H2,1-2H3,(H2,20,21,23);1H. The summed E-state index contributed by atoms with van der Waals surface area (Å²) in [6, 6.07) is 6.77. The molecule has 2 fully saturated rings. The Morgan fingerprint density at radius 3 is 2.64 bits per heavy atom. The van der Waals surface area contributed by atoms with Crippen molar-refractivity contribution in [3.63, 3.8) is 0 Å². The smallest absolute Gasteiger partial charge is 0.191 e.